The Balaban J connectivity index is 1.67. The second-order valence-electron chi connectivity index (χ2n) is 6.79. The molecule has 6 nitrogen and oxygen atoms in total. The van der Waals surface area contributed by atoms with E-state index >= 15 is 0 Å². The Kier molecular flexibility index (Phi) is 4.94. The minimum absolute atomic E-state index is 0.0398. The van der Waals surface area contributed by atoms with Crippen molar-refractivity contribution in [2.24, 2.45) is 17.0 Å². The number of hydrogen-bond donors (Lipinski definition) is 2. The van der Waals surface area contributed by atoms with E-state index in [1.54, 1.807) is 6.07 Å². The normalized spacial score (nSPS) is 27.2. The largest absolute Gasteiger partial charge is 0.350 e. The fraction of sp³-hybridized carbons (Fsp3) is 0.588. The lowest BCUT2D eigenvalue weighted by Crippen LogP contribution is -2.42. The van der Waals surface area contributed by atoms with Crippen LogP contribution in [0, 0.1) is 11.8 Å². The molecule has 132 valence electrons. The van der Waals surface area contributed by atoms with Crippen LogP contribution < -0.4 is 10.5 Å². The molecule has 3 N–H and O–H groups in total. The topological polar surface area (TPSA) is 92.5 Å². The standard InChI is InChI=1S/C17H25N3O3S/c1-2-20-11-13-6-4-8-15(13)16(20)10-19-17(21)12-5-3-7-14(9-12)24(18,22)23/h3,5,7,9,13,15-16H,2,4,6,8,10-11H2,1H3,(H,19,21)(H2,18,22,23). The molecular formula is C17H25N3O3S. The number of fused-ring (bicyclic) bond motifs is 1. The van der Waals surface area contributed by atoms with Crippen molar-refractivity contribution in [1.82, 2.24) is 10.2 Å². The molecule has 3 unspecified atom stereocenters. The molecule has 0 radical (unpaired) electrons. The molecule has 3 atom stereocenters. The maximum Gasteiger partial charge on any atom is 0.251 e. The average molecular weight is 351 g/mol. The second-order valence-corrected chi connectivity index (χ2v) is 8.35. The zero-order valence-corrected chi connectivity index (χ0v) is 14.8. The highest BCUT2D eigenvalue weighted by Gasteiger charge is 2.43. The first-order chi connectivity index (χ1) is 11.4. The molecule has 1 aliphatic carbocycles. The Labute approximate surface area is 143 Å². The molecule has 0 spiro atoms. The molecule has 1 aliphatic heterocycles. The van der Waals surface area contributed by atoms with E-state index in [4.69, 9.17) is 5.14 Å². The summed E-state index contributed by atoms with van der Waals surface area (Å²) < 4.78 is 22.8. The summed E-state index contributed by atoms with van der Waals surface area (Å²) in [6, 6.07) is 6.25. The highest BCUT2D eigenvalue weighted by molar-refractivity contribution is 7.89. The van der Waals surface area contributed by atoms with E-state index in [1.165, 1.54) is 37.5 Å². The predicted octanol–water partition coefficient (Wildman–Crippen LogP) is 1.18. The van der Waals surface area contributed by atoms with Gasteiger partial charge in [0.25, 0.3) is 5.91 Å². The zero-order valence-electron chi connectivity index (χ0n) is 13.9. The van der Waals surface area contributed by atoms with E-state index in [-0.39, 0.29) is 10.8 Å². The summed E-state index contributed by atoms with van der Waals surface area (Å²) in [7, 11) is -3.80. The van der Waals surface area contributed by atoms with Crippen molar-refractivity contribution in [1.29, 1.82) is 0 Å². The number of sulfonamides is 1. The number of nitrogens with two attached hydrogens (primary N) is 1. The van der Waals surface area contributed by atoms with Crippen LogP contribution in [-0.2, 0) is 10.0 Å². The van der Waals surface area contributed by atoms with Crippen molar-refractivity contribution >= 4 is 15.9 Å². The number of carbonyl (C=O) groups excluding carboxylic acids is 1. The molecule has 1 heterocycles. The van der Waals surface area contributed by atoms with Gasteiger partial charge in [0, 0.05) is 24.7 Å². The van der Waals surface area contributed by atoms with Crippen LogP contribution in [0.2, 0.25) is 0 Å². The highest BCUT2D eigenvalue weighted by atomic mass is 32.2. The van der Waals surface area contributed by atoms with E-state index in [0.29, 0.717) is 24.1 Å². The summed E-state index contributed by atoms with van der Waals surface area (Å²) >= 11 is 0. The van der Waals surface area contributed by atoms with Crippen molar-refractivity contribution in [2.45, 2.75) is 37.1 Å². The van der Waals surface area contributed by atoms with Gasteiger partial charge in [-0.3, -0.25) is 9.69 Å². The van der Waals surface area contributed by atoms with E-state index in [0.717, 1.165) is 19.0 Å². The average Bonchev–Trinajstić information content (AvgIpc) is 3.12. The van der Waals surface area contributed by atoms with Gasteiger partial charge in [0.15, 0.2) is 0 Å². The third kappa shape index (κ3) is 3.48. The lowest BCUT2D eigenvalue weighted by Gasteiger charge is -2.27. The third-order valence-electron chi connectivity index (χ3n) is 5.45. The van der Waals surface area contributed by atoms with E-state index in [1.807, 2.05) is 0 Å². The van der Waals surface area contributed by atoms with Gasteiger partial charge < -0.3 is 5.32 Å². The Morgan fingerprint density at radius 2 is 2.17 bits per heavy atom. The van der Waals surface area contributed by atoms with Gasteiger partial charge in [-0.25, -0.2) is 13.6 Å². The number of hydrogen-bond acceptors (Lipinski definition) is 4. The Morgan fingerprint density at radius 1 is 1.38 bits per heavy atom. The summed E-state index contributed by atoms with van der Waals surface area (Å²) in [4.78, 5) is 14.8. The van der Waals surface area contributed by atoms with Crippen LogP contribution in [0.3, 0.4) is 0 Å². The summed E-state index contributed by atoms with van der Waals surface area (Å²) in [5.74, 6) is 1.18. The van der Waals surface area contributed by atoms with Crippen LogP contribution in [0.4, 0.5) is 0 Å². The van der Waals surface area contributed by atoms with Gasteiger partial charge in [-0.1, -0.05) is 19.4 Å². The molecule has 1 saturated carbocycles. The van der Waals surface area contributed by atoms with Crippen LogP contribution in [0.5, 0.6) is 0 Å². The number of carbonyl (C=O) groups is 1. The fourth-order valence-electron chi connectivity index (χ4n) is 4.26. The summed E-state index contributed by atoms with van der Waals surface area (Å²) in [6.07, 6.45) is 3.82. The minimum Gasteiger partial charge on any atom is -0.350 e. The first-order valence-corrected chi connectivity index (χ1v) is 10.1. The van der Waals surface area contributed by atoms with Gasteiger partial charge in [-0.05, 0) is 49.4 Å². The third-order valence-corrected chi connectivity index (χ3v) is 6.36. The summed E-state index contributed by atoms with van der Waals surface area (Å²) in [5, 5.41) is 8.11. The molecular weight excluding hydrogens is 326 g/mol. The predicted molar refractivity (Wildman–Crippen MR) is 92.0 cm³/mol. The highest BCUT2D eigenvalue weighted by Crippen LogP contribution is 2.41. The number of nitrogens with zero attached hydrogens (tertiary/aromatic N) is 1. The number of likely N-dealkylation sites (tertiary alicyclic amines) is 1. The number of primary sulfonamides is 1. The number of nitrogens with one attached hydrogen (secondary N) is 1. The number of amides is 1. The molecule has 0 bridgehead atoms. The van der Waals surface area contributed by atoms with Crippen LogP contribution in [0.15, 0.2) is 29.2 Å². The van der Waals surface area contributed by atoms with Crippen molar-refractivity contribution in [3.63, 3.8) is 0 Å². The van der Waals surface area contributed by atoms with Gasteiger partial charge in [-0.15, -0.1) is 0 Å². The number of rotatable bonds is 5. The van der Waals surface area contributed by atoms with Crippen LogP contribution in [-0.4, -0.2) is 44.9 Å². The molecule has 0 aromatic heterocycles. The van der Waals surface area contributed by atoms with Crippen molar-refractivity contribution in [3.8, 4) is 0 Å². The molecule has 24 heavy (non-hydrogen) atoms. The second kappa shape index (κ2) is 6.82. The van der Waals surface area contributed by atoms with Crippen LogP contribution in [0.1, 0.15) is 36.5 Å². The van der Waals surface area contributed by atoms with Crippen molar-refractivity contribution < 1.29 is 13.2 Å². The van der Waals surface area contributed by atoms with Crippen molar-refractivity contribution in [3.05, 3.63) is 29.8 Å². The van der Waals surface area contributed by atoms with Gasteiger partial charge in [0.05, 0.1) is 4.90 Å². The zero-order chi connectivity index (χ0) is 17.3. The minimum atomic E-state index is -3.80. The lowest BCUT2D eigenvalue weighted by molar-refractivity contribution is 0.0935. The number of benzene rings is 1. The molecule has 1 aromatic carbocycles. The molecule has 1 amide bonds. The molecule has 7 heteroatoms. The molecule has 1 saturated heterocycles. The number of likely N-dealkylation sites (N-methyl/N-ethyl adjacent to an activating group) is 1. The summed E-state index contributed by atoms with van der Waals surface area (Å²) in [6.45, 7) is 4.88. The van der Waals surface area contributed by atoms with E-state index in [2.05, 4.69) is 17.1 Å². The van der Waals surface area contributed by atoms with Gasteiger partial charge in [-0.2, -0.15) is 0 Å². The molecule has 1 aromatic rings. The van der Waals surface area contributed by atoms with Crippen LogP contribution >= 0.6 is 0 Å². The molecule has 2 fully saturated rings. The monoisotopic (exact) mass is 351 g/mol. The SMILES string of the molecule is CCN1CC2CCCC2C1CNC(=O)c1cccc(S(N)(=O)=O)c1. The van der Waals surface area contributed by atoms with Gasteiger partial charge >= 0.3 is 0 Å². The van der Waals surface area contributed by atoms with Crippen molar-refractivity contribution in [2.75, 3.05) is 19.6 Å². The molecule has 2 aliphatic rings. The van der Waals surface area contributed by atoms with Gasteiger partial charge in [0.1, 0.15) is 0 Å². The van der Waals surface area contributed by atoms with Crippen LogP contribution in [0.25, 0.3) is 0 Å². The Hall–Kier alpha value is -1.44. The Bertz CT molecular complexity index is 720. The lowest BCUT2D eigenvalue weighted by atomic mass is 9.94. The fourth-order valence-corrected chi connectivity index (χ4v) is 4.82. The quantitative estimate of drug-likeness (QED) is 0.833. The molecule has 3 rings (SSSR count). The first-order valence-electron chi connectivity index (χ1n) is 8.55. The van der Waals surface area contributed by atoms with Gasteiger partial charge in [0.2, 0.25) is 10.0 Å². The first kappa shape index (κ1) is 17.4. The summed E-state index contributed by atoms with van der Waals surface area (Å²) in [5.41, 5.74) is 0.325. The van der Waals surface area contributed by atoms with E-state index < -0.39 is 10.0 Å². The van der Waals surface area contributed by atoms with E-state index in [9.17, 15) is 13.2 Å². The maximum absolute atomic E-state index is 12.4. The Morgan fingerprint density at radius 3 is 2.88 bits per heavy atom. The maximum atomic E-state index is 12.4. The smallest absolute Gasteiger partial charge is 0.251 e.